The predicted molar refractivity (Wildman–Crippen MR) is 245 cm³/mol. The van der Waals surface area contributed by atoms with Gasteiger partial charge in [0.05, 0.1) is 45.8 Å². The number of nitrogens with zero attached hydrogens (tertiary/aromatic N) is 4. The predicted octanol–water partition coefficient (Wildman–Crippen LogP) is 14.3. The van der Waals surface area contributed by atoms with Gasteiger partial charge in [-0.1, -0.05) is 0 Å². The van der Waals surface area contributed by atoms with Crippen molar-refractivity contribution in [3.8, 4) is 17.2 Å². The molecule has 0 atom stereocenters. The molecule has 2 aliphatic rings. The first-order chi connectivity index (χ1) is 27.4. The molecule has 1 aromatic heterocycles. The van der Waals surface area contributed by atoms with Crippen molar-refractivity contribution < 1.29 is 0 Å². The summed E-state index contributed by atoms with van der Waals surface area (Å²) < 4.78 is 0. The Kier molecular flexibility index (Phi) is 9.28. The monoisotopic (exact) mass is 762 g/mol. The highest BCUT2D eigenvalue weighted by atomic mass is 15.2. The van der Waals surface area contributed by atoms with Crippen molar-refractivity contribution in [2.75, 3.05) is 9.80 Å². The van der Waals surface area contributed by atoms with Gasteiger partial charge < -0.3 is 9.80 Å². The van der Waals surface area contributed by atoms with E-state index in [-0.39, 0.29) is 0 Å². The molecule has 0 radical (unpaired) electrons. The molecule has 5 aromatic carbocycles. The van der Waals surface area contributed by atoms with E-state index in [0.717, 1.165) is 35.3 Å². The smallest absolute Gasteiger partial charge is 0.0998 e. The molecule has 4 heteroatoms. The second-order valence-corrected chi connectivity index (χ2v) is 17.6. The molecule has 294 valence electrons. The van der Waals surface area contributed by atoms with E-state index in [0.29, 0.717) is 5.56 Å². The van der Waals surface area contributed by atoms with Gasteiger partial charge in [0.2, 0.25) is 0 Å². The van der Waals surface area contributed by atoms with Gasteiger partial charge in [0.25, 0.3) is 0 Å². The summed E-state index contributed by atoms with van der Waals surface area (Å²) in [5, 5.41) is 11.2. The molecule has 3 heterocycles. The number of pyridine rings is 1. The number of anilines is 6. The minimum atomic E-state index is 0.647. The van der Waals surface area contributed by atoms with Gasteiger partial charge >= 0.3 is 0 Å². The van der Waals surface area contributed by atoms with Gasteiger partial charge in [-0.15, -0.1) is 0 Å². The molecule has 0 saturated heterocycles. The van der Waals surface area contributed by atoms with Crippen LogP contribution in [0.25, 0.3) is 11.1 Å². The van der Waals surface area contributed by atoms with Crippen LogP contribution < -0.4 is 9.80 Å². The fourth-order valence-electron chi connectivity index (χ4n) is 10.4. The molecule has 0 bridgehead atoms. The zero-order valence-corrected chi connectivity index (χ0v) is 37.7. The van der Waals surface area contributed by atoms with Crippen molar-refractivity contribution in [3.63, 3.8) is 0 Å². The largest absolute Gasteiger partial charge is 0.307 e. The Morgan fingerprint density at radius 1 is 0.414 bits per heavy atom. The molecule has 6 aromatic rings. The van der Waals surface area contributed by atoms with Gasteiger partial charge in [-0.25, -0.2) is 0 Å². The van der Waals surface area contributed by atoms with E-state index in [1.54, 1.807) is 0 Å². The third-order valence-electron chi connectivity index (χ3n) is 15.4. The summed E-state index contributed by atoms with van der Waals surface area (Å²) in [7, 11) is 0. The van der Waals surface area contributed by atoms with Crippen LogP contribution in [0, 0.1) is 122 Å². The highest BCUT2D eigenvalue weighted by Gasteiger charge is 2.38. The fourth-order valence-corrected chi connectivity index (χ4v) is 10.4. The van der Waals surface area contributed by atoms with Crippen LogP contribution in [-0.2, 0) is 12.8 Å². The minimum Gasteiger partial charge on any atom is -0.307 e. The summed E-state index contributed by atoms with van der Waals surface area (Å²) in [5.74, 6) is 0. The number of rotatable bonds is 3. The first-order valence-corrected chi connectivity index (χ1v) is 20.9. The molecule has 4 nitrogen and oxygen atoms in total. The summed E-state index contributed by atoms with van der Waals surface area (Å²) in [4.78, 5) is 9.59. The Morgan fingerprint density at radius 3 is 1.02 bits per heavy atom. The lowest BCUT2D eigenvalue weighted by molar-refractivity contribution is 0.982. The fraction of sp³-hybridized carbons (Fsp3) is 0.333. The molecule has 0 aliphatic carbocycles. The number of hydrogen-bond acceptors (Lipinski definition) is 4. The molecule has 0 spiro atoms. The van der Waals surface area contributed by atoms with Gasteiger partial charge in [-0.3, -0.25) is 4.98 Å². The lowest BCUT2D eigenvalue weighted by Crippen LogP contribution is -2.28. The van der Waals surface area contributed by atoms with E-state index < -0.39 is 0 Å². The Bertz CT molecular complexity index is 2710. The van der Waals surface area contributed by atoms with Gasteiger partial charge in [0.1, 0.15) is 0 Å². The molecular weight excluding hydrogens is 705 g/mol. The quantitative estimate of drug-likeness (QED) is 0.180. The molecular formula is C54H58N4. The zero-order chi connectivity index (χ0) is 42.0. The molecule has 0 saturated carbocycles. The van der Waals surface area contributed by atoms with Gasteiger partial charge in [0, 0.05) is 30.8 Å². The summed E-state index contributed by atoms with van der Waals surface area (Å²) in [5.41, 5.74) is 36.5. The van der Waals surface area contributed by atoms with Crippen molar-refractivity contribution in [1.29, 1.82) is 5.26 Å². The van der Waals surface area contributed by atoms with Crippen LogP contribution in [-0.4, -0.2) is 4.98 Å². The number of hydrogen-bond donors (Lipinski definition) is 0. The third kappa shape index (κ3) is 5.28. The Morgan fingerprint density at radius 2 is 0.707 bits per heavy atom. The van der Waals surface area contributed by atoms with Crippen LogP contribution in [0.15, 0.2) is 36.7 Å². The first kappa shape index (κ1) is 39.2. The molecule has 8 rings (SSSR count). The van der Waals surface area contributed by atoms with Crippen molar-refractivity contribution in [2.24, 2.45) is 0 Å². The molecule has 2 aliphatic heterocycles. The van der Waals surface area contributed by atoms with Crippen LogP contribution in [0.1, 0.15) is 117 Å². The third-order valence-corrected chi connectivity index (χ3v) is 15.4. The number of aromatic nitrogens is 1. The summed E-state index contributed by atoms with van der Waals surface area (Å²) in [6, 6.07) is 11.3. The topological polar surface area (TPSA) is 43.2 Å². The van der Waals surface area contributed by atoms with E-state index in [1.807, 2.05) is 24.5 Å². The number of fused-ring (bicyclic) bond motifs is 4. The van der Waals surface area contributed by atoms with E-state index >= 15 is 0 Å². The summed E-state index contributed by atoms with van der Waals surface area (Å²) in [6.07, 6.45) is 5.43. The van der Waals surface area contributed by atoms with Crippen LogP contribution in [0.2, 0.25) is 0 Å². The molecule has 0 N–H and O–H groups in total. The SMILES string of the molecule is Cc1c(C)c(C)c2c(c1C)Cc1c(C)c(C)c(C)c(C)c1N2c1cc(C#N)c(-c2ccncc2)cc1N1c2c(C)c(C)c(C)c(C)c2Cc2c(C)c(C)c(C)c(C)c21. The van der Waals surface area contributed by atoms with Crippen molar-refractivity contribution in [3.05, 3.63) is 153 Å². The number of benzene rings is 5. The zero-order valence-electron chi connectivity index (χ0n) is 37.7. The first-order valence-electron chi connectivity index (χ1n) is 20.9. The van der Waals surface area contributed by atoms with E-state index in [4.69, 9.17) is 0 Å². The minimum absolute atomic E-state index is 0.647. The second kappa shape index (κ2) is 13.7. The van der Waals surface area contributed by atoms with Gasteiger partial charge in [-0.2, -0.15) is 5.26 Å². The lowest BCUT2D eigenvalue weighted by Gasteiger charge is -2.44. The molecule has 58 heavy (non-hydrogen) atoms. The molecule has 0 fully saturated rings. The summed E-state index contributed by atoms with van der Waals surface area (Å²) >= 11 is 0. The second-order valence-electron chi connectivity index (χ2n) is 17.6. The average molecular weight is 763 g/mol. The van der Waals surface area contributed by atoms with Crippen LogP contribution in [0.5, 0.6) is 0 Å². The van der Waals surface area contributed by atoms with Crippen molar-refractivity contribution in [2.45, 2.75) is 124 Å². The average Bonchev–Trinajstić information content (AvgIpc) is 3.24. The maximum absolute atomic E-state index is 11.2. The van der Waals surface area contributed by atoms with Gasteiger partial charge in [0.15, 0.2) is 0 Å². The maximum atomic E-state index is 11.2. The van der Waals surface area contributed by atoms with E-state index in [9.17, 15) is 5.26 Å². The maximum Gasteiger partial charge on any atom is 0.0998 e. The molecule has 0 amide bonds. The van der Waals surface area contributed by atoms with E-state index in [2.05, 4.69) is 144 Å². The van der Waals surface area contributed by atoms with Crippen LogP contribution in [0.3, 0.4) is 0 Å². The highest BCUT2D eigenvalue weighted by molar-refractivity contribution is 6.01. The van der Waals surface area contributed by atoms with Crippen LogP contribution in [0.4, 0.5) is 34.1 Å². The number of nitriles is 1. The lowest BCUT2D eigenvalue weighted by atomic mass is 9.79. The standard InChI is InChI=1S/C54H58N4/c1-26-30(5)38(13)51-44(34(26)9)22-45-35(10)27(2)31(6)39(14)52(45)57(51)49-21-43(25-55)48(42-17-19-56-20-18-42)24-50(49)58-53-40(15)32(7)28(3)36(11)46(53)23-47-37(12)29(4)33(8)41(16)54(47)58/h17-21,24H,22-23H2,1-16H3. The highest BCUT2D eigenvalue weighted by Crippen LogP contribution is 2.58. The van der Waals surface area contributed by atoms with E-state index in [1.165, 1.54) is 134 Å². The van der Waals surface area contributed by atoms with Crippen molar-refractivity contribution in [1.82, 2.24) is 4.98 Å². The Balaban J connectivity index is 1.64. The van der Waals surface area contributed by atoms with Gasteiger partial charge in [-0.05, 0) is 252 Å². The van der Waals surface area contributed by atoms with Crippen molar-refractivity contribution >= 4 is 34.1 Å². The molecule has 0 unspecified atom stereocenters. The Labute approximate surface area is 347 Å². The van der Waals surface area contributed by atoms with Crippen LogP contribution >= 0.6 is 0 Å². The Hall–Kier alpha value is -5.66. The normalized spacial score (nSPS) is 12.9. The summed E-state index contributed by atoms with van der Waals surface area (Å²) in [6.45, 7) is 36.8.